The van der Waals surface area contributed by atoms with Gasteiger partial charge in [0.25, 0.3) is 0 Å². The van der Waals surface area contributed by atoms with Crippen LogP contribution in [0.4, 0.5) is 0 Å². The molecule has 1 unspecified atom stereocenters. The van der Waals surface area contributed by atoms with E-state index in [9.17, 15) is 4.79 Å². The highest BCUT2D eigenvalue weighted by Gasteiger charge is 2.23. The molecule has 1 amide bonds. The van der Waals surface area contributed by atoms with Crippen LogP contribution in [0.5, 0.6) is 0 Å². The summed E-state index contributed by atoms with van der Waals surface area (Å²) >= 11 is 0. The van der Waals surface area contributed by atoms with Gasteiger partial charge in [-0.1, -0.05) is 6.92 Å². The molecule has 0 radical (unpaired) electrons. The molecule has 2 aliphatic rings. The zero-order chi connectivity index (χ0) is 12.8. The molecule has 18 heavy (non-hydrogen) atoms. The lowest BCUT2D eigenvalue weighted by atomic mass is 10.1. The maximum atomic E-state index is 12.1. The molecule has 0 aromatic rings. The number of rotatable bonds is 4. The Morgan fingerprint density at radius 2 is 2.11 bits per heavy atom. The number of likely N-dealkylation sites (N-methyl/N-ethyl adjacent to an activating group) is 1. The maximum absolute atomic E-state index is 12.1. The number of carbonyl (C=O) groups is 1. The monoisotopic (exact) mass is 255 g/mol. The van der Waals surface area contributed by atoms with Crippen molar-refractivity contribution in [1.82, 2.24) is 15.1 Å². The fraction of sp³-hybridized carbons (Fsp3) is 0.923. The molecule has 2 heterocycles. The van der Waals surface area contributed by atoms with Crippen LogP contribution in [0.15, 0.2) is 0 Å². The summed E-state index contributed by atoms with van der Waals surface area (Å²) < 4.78 is 5.27. The Morgan fingerprint density at radius 3 is 2.83 bits per heavy atom. The van der Waals surface area contributed by atoms with Crippen LogP contribution in [0.3, 0.4) is 0 Å². The molecule has 2 aliphatic heterocycles. The normalized spacial score (nSPS) is 26.3. The quantitative estimate of drug-likeness (QED) is 0.763. The van der Waals surface area contributed by atoms with Crippen LogP contribution in [-0.4, -0.2) is 74.2 Å². The van der Waals surface area contributed by atoms with Crippen molar-refractivity contribution >= 4 is 5.91 Å². The lowest BCUT2D eigenvalue weighted by Gasteiger charge is -2.35. The third-order valence-electron chi connectivity index (χ3n) is 3.72. The fourth-order valence-electron chi connectivity index (χ4n) is 2.76. The predicted molar refractivity (Wildman–Crippen MR) is 70.5 cm³/mol. The fourth-order valence-corrected chi connectivity index (χ4v) is 2.76. The summed E-state index contributed by atoms with van der Waals surface area (Å²) in [7, 11) is 0. The number of nitrogens with zero attached hydrogens (tertiary/aromatic N) is 2. The number of likely N-dealkylation sites (tertiary alicyclic amines) is 1. The first-order valence-corrected chi connectivity index (χ1v) is 7.11. The van der Waals surface area contributed by atoms with Crippen LogP contribution in [0.2, 0.25) is 0 Å². The van der Waals surface area contributed by atoms with Crippen molar-refractivity contribution in [3.05, 3.63) is 0 Å². The van der Waals surface area contributed by atoms with E-state index in [2.05, 4.69) is 17.1 Å². The zero-order valence-corrected chi connectivity index (χ0v) is 11.4. The summed E-state index contributed by atoms with van der Waals surface area (Å²) in [6, 6.07) is 0.557. The van der Waals surface area contributed by atoms with Gasteiger partial charge in [0.1, 0.15) is 0 Å². The molecule has 0 bridgehead atoms. The Bertz CT molecular complexity index is 265. The minimum Gasteiger partial charge on any atom is -0.378 e. The van der Waals surface area contributed by atoms with E-state index in [-0.39, 0.29) is 5.91 Å². The third-order valence-corrected chi connectivity index (χ3v) is 3.72. The molecular formula is C13H25N3O2. The van der Waals surface area contributed by atoms with Gasteiger partial charge in [-0.15, -0.1) is 0 Å². The molecule has 0 spiro atoms. The van der Waals surface area contributed by atoms with Crippen molar-refractivity contribution in [2.75, 3.05) is 52.5 Å². The molecule has 0 aromatic heterocycles. The Morgan fingerprint density at radius 1 is 1.33 bits per heavy atom. The number of morpholine rings is 1. The summed E-state index contributed by atoms with van der Waals surface area (Å²) in [5, 5.41) is 3.48. The minimum atomic E-state index is 0.260. The molecule has 0 aliphatic carbocycles. The number of hydrogen-bond acceptors (Lipinski definition) is 4. The molecule has 2 fully saturated rings. The van der Waals surface area contributed by atoms with Crippen molar-refractivity contribution in [2.24, 2.45) is 0 Å². The first-order valence-electron chi connectivity index (χ1n) is 7.11. The van der Waals surface area contributed by atoms with Crippen molar-refractivity contribution in [2.45, 2.75) is 25.8 Å². The number of amides is 1. The highest BCUT2D eigenvalue weighted by atomic mass is 16.5. The first-order chi connectivity index (χ1) is 8.79. The van der Waals surface area contributed by atoms with Crippen molar-refractivity contribution in [1.29, 1.82) is 0 Å². The van der Waals surface area contributed by atoms with Gasteiger partial charge in [-0.2, -0.15) is 0 Å². The van der Waals surface area contributed by atoms with Gasteiger partial charge in [0.15, 0.2) is 0 Å². The maximum Gasteiger partial charge on any atom is 0.236 e. The van der Waals surface area contributed by atoms with Gasteiger partial charge in [-0.25, -0.2) is 0 Å². The first kappa shape index (κ1) is 13.8. The summed E-state index contributed by atoms with van der Waals surface area (Å²) in [5.74, 6) is 0.260. The van der Waals surface area contributed by atoms with Gasteiger partial charge in [0, 0.05) is 25.7 Å². The van der Waals surface area contributed by atoms with E-state index in [1.54, 1.807) is 0 Å². The second-order valence-corrected chi connectivity index (χ2v) is 5.13. The van der Waals surface area contributed by atoms with E-state index in [1.165, 1.54) is 12.8 Å². The number of ether oxygens (including phenoxy) is 1. The predicted octanol–water partition coefficient (Wildman–Crippen LogP) is -0.0809. The smallest absolute Gasteiger partial charge is 0.236 e. The Hall–Kier alpha value is -0.650. The summed E-state index contributed by atoms with van der Waals surface area (Å²) in [6.07, 6.45) is 2.42. The Kier molecular flexibility index (Phi) is 5.41. The Balaban J connectivity index is 1.75. The third kappa shape index (κ3) is 3.93. The zero-order valence-electron chi connectivity index (χ0n) is 11.4. The minimum absolute atomic E-state index is 0.260. The number of piperidine rings is 1. The van der Waals surface area contributed by atoms with Gasteiger partial charge in [-0.3, -0.25) is 9.69 Å². The summed E-state index contributed by atoms with van der Waals surface area (Å²) in [5.41, 5.74) is 0. The van der Waals surface area contributed by atoms with Crippen LogP contribution < -0.4 is 5.32 Å². The van der Waals surface area contributed by atoms with Crippen LogP contribution in [0, 0.1) is 0 Å². The van der Waals surface area contributed by atoms with E-state index >= 15 is 0 Å². The lowest BCUT2D eigenvalue weighted by Crippen LogP contribution is -2.51. The van der Waals surface area contributed by atoms with Gasteiger partial charge < -0.3 is 15.0 Å². The average Bonchev–Trinajstić information content (AvgIpc) is 2.40. The highest BCUT2D eigenvalue weighted by Crippen LogP contribution is 2.10. The van der Waals surface area contributed by atoms with Crippen molar-refractivity contribution in [3.8, 4) is 0 Å². The molecule has 1 N–H and O–H groups in total. The number of carbonyl (C=O) groups excluding carboxylic acids is 1. The second-order valence-electron chi connectivity index (χ2n) is 5.13. The topological polar surface area (TPSA) is 44.8 Å². The van der Waals surface area contributed by atoms with E-state index in [1.807, 2.05) is 4.90 Å². The van der Waals surface area contributed by atoms with E-state index < -0.39 is 0 Å². The van der Waals surface area contributed by atoms with Crippen LogP contribution >= 0.6 is 0 Å². The van der Waals surface area contributed by atoms with Crippen molar-refractivity contribution < 1.29 is 9.53 Å². The van der Waals surface area contributed by atoms with E-state index in [0.29, 0.717) is 25.8 Å². The van der Waals surface area contributed by atoms with E-state index in [4.69, 9.17) is 4.74 Å². The number of nitrogens with one attached hydrogen (secondary N) is 1. The molecule has 0 saturated carbocycles. The Labute approximate surface area is 109 Å². The van der Waals surface area contributed by atoms with Gasteiger partial charge in [0.2, 0.25) is 5.91 Å². The molecule has 5 heteroatoms. The van der Waals surface area contributed by atoms with Crippen LogP contribution in [0.25, 0.3) is 0 Å². The largest absolute Gasteiger partial charge is 0.378 e. The second kappa shape index (κ2) is 7.07. The van der Waals surface area contributed by atoms with Gasteiger partial charge >= 0.3 is 0 Å². The summed E-state index contributed by atoms with van der Waals surface area (Å²) in [6.45, 7) is 8.65. The molecule has 2 saturated heterocycles. The molecule has 0 aromatic carbocycles. The molecular weight excluding hydrogens is 230 g/mol. The molecule has 5 nitrogen and oxygen atoms in total. The van der Waals surface area contributed by atoms with Gasteiger partial charge in [-0.05, 0) is 25.9 Å². The molecule has 104 valence electrons. The molecule has 1 atom stereocenters. The average molecular weight is 255 g/mol. The number of hydrogen-bond donors (Lipinski definition) is 1. The van der Waals surface area contributed by atoms with E-state index in [0.717, 1.165) is 32.7 Å². The lowest BCUT2D eigenvalue weighted by molar-refractivity contribution is -0.136. The van der Waals surface area contributed by atoms with Gasteiger partial charge in [0.05, 0.1) is 19.8 Å². The highest BCUT2D eigenvalue weighted by molar-refractivity contribution is 5.78. The standard InChI is InChI=1S/C13H25N3O2/c1-2-14-12-4-3-5-15(10-12)11-13(17)16-6-8-18-9-7-16/h12,14H,2-11H2,1H3. The van der Waals surface area contributed by atoms with Crippen LogP contribution in [-0.2, 0) is 9.53 Å². The van der Waals surface area contributed by atoms with Crippen LogP contribution in [0.1, 0.15) is 19.8 Å². The van der Waals surface area contributed by atoms with Crippen molar-refractivity contribution in [3.63, 3.8) is 0 Å². The summed E-state index contributed by atoms with van der Waals surface area (Å²) in [4.78, 5) is 16.4. The SMILES string of the molecule is CCNC1CCCN(CC(=O)N2CCOCC2)C1. The molecule has 2 rings (SSSR count).